The summed E-state index contributed by atoms with van der Waals surface area (Å²) in [5, 5.41) is 9.35. The Balaban J connectivity index is 3.12. The minimum Gasteiger partial charge on any atom is -0.477 e. The maximum atomic E-state index is 10.5. The molecule has 64 valence electrons. The molecule has 0 aliphatic carbocycles. The van der Waals surface area contributed by atoms with Crippen molar-refractivity contribution >= 4 is 21.9 Å². The number of aromatic nitrogens is 1. The fourth-order valence-corrected chi connectivity index (χ4v) is 1.24. The molecule has 0 unspecified atom stereocenters. The van der Waals surface area contributed by atoms with Gasteiger partial charge in [-0.15, -0.1) is 0 Å². The number of carboxylic acid groups (broad SMARTS) is 1. The Morgan fingerprint density at radius 3 is 2.83 bits per heavy atom. The van der Waals surface area contributed by atoms with Gasteiger partial charge < -0.3 is 5.11 Å². The molecule has 0 saturated heterocycles. The number of aromatic carboxylic acids is 1. The highest BCUT2D eigenvalue weighted by atomic mass is 79.9. The molecule has 1 N–H and O–H groups in total. The van der Waals surface area contributed by atoms with E-state index in [2.05, 4.69) is 20.9 Å². The van der Waals surface area contributed by atoms with Gasteiger partial charge in [-0.3, -0.25) is 0 Å². The van der Waals surface area contributed by atoms with E-state index in [1.54, 1.807) is 13.1 Å². The fraction of sp³-hybridized carbons (Fsp3) is 0.250. The molecule has 0 fully saturated rings. The number of pyridine rings is 1. The summed E-state index contributed by atoms with van der Waals surface area (Å²) in [7, 11) is 0. The second-order valence-electron chi connectivity index (χ2n) is 2.45. The monoisotopic (exact) mass is 229 g/mol. The van der Waals surface area contributed by atoms with Crippen LogP contribution < -0.4 is 0 Å². The molecule has 1 aromatic heterocycles. The third-order valence-electron chi connectivity index (χ3n) is 1.49. The van der Waals surface area contributed by atoms with E-state index < -0.39 is 5.97 Å². The summed E-state index contributed by atoms with van der Waals surface area (Å²) in [6, 6.07) is 1.81. The summed E-state index contributed by atoms with van der Waals surface area (Å²) < 4.78 is 0. The molecule has 4 heteroatoms. The highest BCUT2D eigenvalue weighted by molar-refractivity contribution is 9.08. The van der Waals surface area contributed by atoms with Crippen LogP contribution in [0.15, 0.2) is 12.3 Å². The molecular weight excluding hydrogens is 222 g/mol. The van der Waals surface area contributed by atoms with Crippen LogP contribution in [0, 0.1) is 6.92 Å². The van der Waals surface area contributed by atoms with Crippen LogP contribution in [0.4, 0.5) is 0 Å². The number of hydrogen-bond donors (Lipinski definition) is 1. The number of alkyl halides is 1. The zero-order valence-electron chi connectivity index (χ0n) is 6.54. The Hall–Kier alpha value is -0.900. The predicted molar refractivity (Wildman–Crippen MR) is 48.6 cm³/mol. The number of aryl methyl sites for hydroxylation is 1. The summed E-state index contributed by atoms with van der Waals surface area (Å²) in [5.41, 5.74) is 1.80. The molecular formula is C8H8BrNO2. The first-order valence-corrected chi connectivity index (χ1v) is 4.52. The first-order valence-electron chi connectivity index (χ1n) is 3.40. The molecule has 0 bridgehead atoms. The number of rotatable bonds is 2. The normalized spacial score (nSPS) is 9.83. The molecule has 0 atom stereocenters. The number of nitrogens with zero attached hydrogens (tertiary/aromatic N) is 1. The van der Waals surface area contributed by atoms with Crippen molar-refractivity contribution in [2.45, 2.75) is 12.3 Å². The molecule has 0 aliphatic heterocycles. The van der Waals surface area contributed by atoms with E-state index in [4.69, 9.17) is 5.11 Å². The molecule has 1 rings (SSSR count). The van der Waals surface area contributed by atoms with Crippen molar-refractivity contribution < 1.29 is 9.90 Å². The first-order chi connectivity index (χ1) is 5.65. The molecule has 1 heterocycles. The zero-order valence-corrected chi connectivity index (χ0v) is 8.13. The van der Waals surface area contributed by atoms with Crippen molar-refractivity contribution in [3.8, 4) is 0 Å². The molecule has 1 aromatic rings. The summed E-state index contributed by atoms with van der Waals surface area (Å²) in [4.78, 5) is 14.4. The smallest absolute Gasteiger partial charge is 0.354 e. The highest BCUT2D eigenvalue weighted by Crippen LogP contribution is 2.10. The quantitative estimate of drug-likeness (QED) is 0.790. The van der Waals surface area contributed by atoms with Gasteiger partial charge in [-0.2, -0.15) is 0 Å². The Labute approximate surface area is 78.6 Å². The van der Waals surface area contributed by atoms with E-state index in [1.807, 2.05) is 6.07 Å². The molecule has 12 heavy (non-hydrogen) atoms. The summed E-state index contributed by atoms with van der Waals surface area (Å²) in [5.74, 6) is -0.978. The maximum Gasteiger partial charge on any atom is 0.354 e. The van der Waals surface area contributed by atoms with Gasteiger partial charge in [0.05, 0.1) is 0 Å². The number of carboxylic acids is 1. The lowest BCUT2D eigenvalue weighted by Crippen LogP contribution is -2.03. The zero-order chi connectivity index (χ0) is 9.14. The summed E-state index contributed by atoms with van der Waals surface area (Å²) >= 11 is 3.27. The van der Waals surface area contributed by atoms with Gasteiger partial charge in [0.1, 0.15) is 0 Å². The lowest BCUT2D eigenvalue weighted by atomic mass is 10.2. The van der Waals surface area contributed by atoms with Gasteiger partial charge >= 0.3 is 5.97 Å². The first kappa shape index (κ1) is 9.19. The van der Waals surface area contributed by atoms with E-state index >= 15 is 0 Å². The standard InChI is InChI=1S/C8H8BrNO2/c1-5-2-6(3-9)4-10-7(5)8(11)12/h2,4H,3H2,1H3,(H,11,12). The van der Waals surface area contributed by atoms with Crippen molar-refractivity contribution in [2.24, 2.45) is 0 Å². The van der Waals surface area contributed by atoms with E-state index in [-0.39, 0.29) is 5.69 Å². The number of halogens is 1. The van der Waals surface area contributed by atoms with Gasteiger partial charge in [0.2, 0.25) is 0 Å². The SMILES string of the molecule is Cc1cc(CBr)cnc1C(=O)O. The third kappa shape index (κ3) is 1.82. The number of carbonyl (C=O) groups is 1. The van der Waals surface area contributed by atoms with Gasteiger partial charge in [0.15, 0.2) is 5.69 Å². The topological polar surface area (TPSA) is 50.2 Å². The largest absolute Gasteiger partial charge is 0.477 e. The molecule has 3 nitrogen and oxygen atoms in total. The lowest BCUT2D eigenvalue weighted by Gasteiger charge is -2.00. The Kier molecular flexibility index (Phi) is 2.81. The van der Waals surface area contributed by atoms with Crippen molar-refractivity contribution in [3.63, 3.8) is 0 Å². The predicted octanol–water partition coefficient (Wildman–Crippen LogP) is 1.98. The second kappa shape index (κ2) is 3.67. The average molecular weight is 230 g/mol. The second-order valence-corrected chi connectivity index (χ2v) is 3.01. The van der Waals surface area contributed by atoms with Crippen molar-refractivity contribution in [1.29, 1.82) is 0 Å². The van der Waals surface area contributed by atoms with Crippen LogP contribution in [0.25, 0.3) is 0 Å². The minimum absolute atomic E-state index is 0.125. The van der Waals surface area contributed by atoms with Crippen LogP contribution in [0.2, 0.25) is 0 Å². The third-order valence-corrected chi connectivity index (χ3v) is 2.14. The van der Waals surface area contributed by atoms with Crippen LogP contribution in [-0.2, 0) is 5.33 Å². The van der Waals surface area contributed by atoms with Crippen LogP contribution >= 0.6 is 15.9 Å². The maximum absolute atomic E-state index is 10.5. The van der Waals surface area contributed by atoms with Gasteiger partial charge in [-0.25, -0.2) is 9.78 Å². The van der Waals surface area contributed by atoms with Crippen LogP contribution in [-0.4, -0.2) is 16.1 Å². The molecule has 0 radical (unpaired) electrons. The van der Waals surface area contributed by atoms with E-state index in [0.29, 0.717) is 10.9 Å². The molecule has 0 aliphatic rings. The summed E-state index contributed by atoms with van der Waals surface area (Å²) in [6.45, 7) is 1.74. The van der Waals surface area contributed by atoms with Crippen molar-refractivity contribution in [1.82, 2.24) is 4.98 Å². The minimum atomic E-state index is -0.978. The van der Waals surface area contributed by atoms with Crippen LogP contribution in [0.5, 0.6) is 0 Å². The van der Waals surface area contributed by atoms with Gasteiger partial charge in [-0.1, -0.05) is 22.0 Å². The molecule has 0 saturated carbocycles. The lowest BCUT2D eigenvalue weighted by molar-refractivity contribution is 0.0689. The Morgan fingerprint density at radius 1 is 1.75 bits per heavy atom. The molecule has 0 spiro atoms. The summed E-state index contributed by atoms with van der Waals surface area (Å²) in [6.07, 6.45) is 1.56. The van der Waals surface area contributed by atoms with Crippen LogP contribution in [0.3, 0.4) is 0 Å². The van der Waals surface area contributed by atoms with Crippen molar-refractivity contribution in [3.05, 3.63) is 29.1 Å². The van der Waals surface area contributed by atoms with Crippen LogP contribution in [0.1, 0.15) is 21.6 Å². The Morgan fingerprint density at radius 2 is 2.42 bits per heavy atom. The van der Waals surface area contributed by atoms with Crippen molar-refractivity contribution in [2.75, 3.05) is 0 Å². The van der Waals surface area contributed by atoms with E-state index in [9.17, 15) is 4.79 Å². The molecule has 0 amide bonds. The number of hydrogen-bond acceptors (Lipinski definition) is 2. The van der Waals surface area contributed by atoms with Gasteiger partial charge in [0, 0.05) is 11.5 Å². The van der Waals surface area contributed by atoms with E-state index in [0.717, 1.165) is 5.56 Å². The Bertz CT molecular complexity index is 312. The van der Waals surface area contributed by atoms with E-state index in [1.165, 1.54) is 0 Å². The van der Waals surface area contributed by atoms with Gasteiger partial charge in [-0.05, 0) is 18.1 Å². The molecule has 0 aromatic carbocycles. The average Bonchev–Trinajstić information content (AvgIpc) is 2.03. The highest BCUT2D eigenvalue weighted by Gasteiger charge is 2.07. The van der Waals surface area contributed by atoms with Gasteiger partial charge in [0.25, 0.3) is 0 Å². The fourth-order valence-electron chi connectivity index (χ4n) is 0.930.